The first kappa shape index (κ1) is 16.2. The van der Waals surface area contributed by atoms with Crippen LogP contribution >= 0.6 is 0 Å². The molecule has 0 bridgehead atoms. The Bertz CT molecular complexity index is 755. The Balaban J connectivity index is 1.63. The van der Waals surface area contributed by atoms with Crippen LogP contribution < -0.4 is 5.32 Å². The predicted molar refractivity (Wildman–Crippen MR) is 90.2 cm³/mol. The van der Waals surface area contributed by atoms with Crippen LogP contribution in [0.2, 0.25) is 0 Å². The van der Waals surface area contributed by atoms with Crippen LogP contribution in [0.15, 0.2) is 48.5 Å². The number of nitrogens with zero attached hydrogens (tertiary/aromatic N) is 1. The molecule has 4 nitrogen and oxygen atoms in total. The van der Waals surface area contributed by atoms with Crippen LogP contribution in [0.25, 0.3) is 0 Å². The number of likely N-dealkylation sites (tertiary alicyclic amines) is 1. The first-order valence-electron chi connectivity index (χ1n) is 7.93. The van der Waals surface area contributed by atoms with E-state index in [-0.39, 0.29) is 17.4 Å². The molecule has 3 rings (SSSR count). The van der Waals surface area contributed by atoms with Gasteiger partial charge in [0.05, 0.1) is 5.56 Å². The topological polar surface area (TPSA) is 49.4 Å². The molecule has 0 aliphatic carbocycles. The van der Waals surface area contributed by atoms with E-state index < -0.39 is 5.82 Å². The molecule has 0 radical (unpaired) electrons. The molecule has 1 N–H and O–H groups in total. The Kier molecular flexibility index (Phi) is 4.60. The Morgan fingerprint density at radius 2 is 1.88 bits per heavy atom. The fraction of sp³-hybridized carbons (Fsp3) is 0.263. The third-order valence-electron chi connectivity index (χ3n) is 4.13. The number of halogens is 1. The molecule has 124 valence electrons. The summed E-state index contributed by atoms with van der Waals surface area (Å²) in [7, 11) is 0. The Morgan fingerprint density at radius 3 is 2.54 bits per heavy atom. The highest BCUT2D eigenvalue weighted by molar-refractivity contribution is 5.97. The van der Waals surface area contributed by atoms with Crippen LogP contribution in [0, 0.1) is 11.7 Å². The van der Waals surface area contributed by atoms with Gasteiger partial charge in [-0.3, -0.25) is 9.59 Å². The van der Waals surface area contributed by atoms with Gasteiger partial charge in [-0.15, -0.1) is 0 Å². The van der Waals surface area contributed by atoms with Crippen LogP contribution in [-0.4, -0.2) is 29.8 Å². The lowest BCUT2D eigenvalue weighted by atomic mass is 9.91. The lowest BCUT2D eigenvalue weighted by Crippen LogP contribution is -2.50. The van der Waals surface area contributed by atoms with Crippen molar-refractivity contribution in [2.45, 2.75) is 13.3 Å². The zero-order chi connectivity index (χ0) is 17.1. The fourth-order valence-electron chi connectivity index (χ4n) is 2.95. The van der Waals surface area contributed by atoms with E-state index in [4.69, 9.17) is 0 Å². The summed E-state index contributed by atoms with van der Waals surface area (Å²) in [6, 6.07) is 14.2. The lowest BCUT2D eigenvalue weighted by molar-refractivity contribution is -0.114. The Hall–Kier alpha value is -2.69. The van der Waals surface area contributed by atoms with Gasteiger partial charge in [0.2, 0.25) is 5.91 Å². The second kappa shape index (κ2) is 6.83. The number of anilines is 1. The summed E-state index contributed by atoms with van der Waals surface area (Å²) in [5, 5.41) is 2.57. The molecule has 1 saturated heterocycles. The zero-order valence-electron chi connectivity index (χ0n) is 13.5. The second-order valence-electron chi connectivity index (χ2n) is 6.14. The van der Waals surface area contributed by atoms with Crippen molar-refractivity contribution in [2.24, 2.45) is 5.92 Å². The smallest absolute Gasteiger partial charge is 0.256 e. The summed E-state index contributed by atoms with van der Waals surface area (Å²) in [4.78, 5) is 25.2. The largest absolute Gasteiger partial charge is 0.338 e. The highest BCUT2D eigenvalue weighted by Crippen LogP contribution is 2.24. The molecule has 1 fully saturated rings. The molecule has 0 saturated carbocycles. The van der Waals surface area contributed by atoms with E-state index in [2.05, 4.69) is 17.4 Å². The molecule has 1 aliphatic rings. The van der Waals surface area contributed by atoms with Gasteiger partial charge in [0, 0.05) is 25.7 Å². The standard InChI is InChI=1S/C19H19FN2O2/c1-13(23)21-16-7-8-18(20)17(10-16)19(24)22-11-15(12-22)9-14-5-3-2-4-6-14/h2-8,10,15H,9,11-12H2,1H3,(H,21,23). The maximum Gasteiger partial charge on any atom is 0.256 e. The van der Waals surface area contributed by atoms with Crippen LogP contribution in [0.1, 0.15) is 22.8 Å². The van der Waals surface area contributed by atoms with E-state index in [1.807, 2.05) is 18.2 Å². The van der Waals surface area contributed by atoms with Crippen LogP contribution in [0.4, 0.5) is 10.1 Å². The fourth-order valence-corrected chi connectivity index (χ4v) is 2.95. The highest BCUT2D eigenvalue weighted by atomic mass is 19.1. The summed E-state index contributed by atoms with van der Waals surface area (Å²) in [5.41, 5.74) is 1.67. The maximum atomic E-state index is 14.0. The van der Waals surface area contributed by atoms with Gasteiger partial charge in [0.15, 0.2) is 0 Å². The normalized spacial score (nSPS) is 14.2. The molecular weight excluding hydrogens is 307 g/mol. The van der Waals surface area contributed by atoms with Crippen molar-refractivity contribution in [2.75, 3.05) is 18.4 Å². The SMILES string of the molecule is CC(=O)Nc1ccc(F)c(C(=O)N2CC(Cc3ccccc3)C2)c1. The average Bonchev–Trinajstić information content (AvgIpc) is 2.52. The quantitative estimate of drug-likeness (QED) is 0.938. The molecule has 1 aliphatic heterocycles. The van der Waals surface area contributed by atoms with E-state index in [0.29, 0.717) is 24.7 Å². The molecular formula is C19H19FN2O2. The molecule has 0 unspecified atom stereocenters. The summed E-state index contributed by atoms with van der Waals surface area (Å²) in [6.07, 6.45) is 0.916. The molecule has 0 aromatic heterocycles. The predicted octanol–water partition coefficient (Wildman–Crippen LogP) is 3.10. The molecule has 5 heteroatoms. The van der Waals surface area contributed by atoms with Gasteiger partial charge in [-0.1, -0.05) is 30.3 Å². The molecule has 2 aromatic carbocycles. The summed E-state index contributed by atoms with van der Waals surface area (Å²) >= 11 is 0. The Labute approximate surface area is 140 Å². The molecule has 0 spiro atoms. The number of benzene rings is 2. The zero-order valence-corrected chi connectivity index (χ0v) is 13.5. The summed E-state index contributed by atoms with van der Waals surface area (Å²) < 4.78 is 14.0. The highest BCUT2D eigenvalue weighted by Gasteiger charge is 2.32. The van der Waals surface area contributed by atoms with E-state index in [1.165, 1.54) is 30.7 Å². The first-order valence-corrected chi connectivity index (χ1v) is 7.93. The number of amides is 2. The van der Waals surface area contributed by atoms with E-state index in [0.717, 1.165) is 6.42 Å². The monoisotopic (exact) mass is 326 g/mol. The third-order valence-corrected chi connectivity index (χ3v) is 4.13. The lowest BCUT2D eigenvalue weighted by Gasteiger charge is -2.39. The van der Waals surface area contributed by atoms with E-state index >= 15 is 0 Å². The van der Waals surface area contributed by atoms with Crippen molar-refractivity contribution in [1.29, 1.82) is 0 Å². The minimum Gasteiger partial charge on any atom is -0.338 e. The molecule has 24 heavy (non-hydrogen) atoms. The van der Waals surface area contributed by atoms with Crippen molar-refractivity contribution >= 4 is 17.5 Å². The summed E-state index contributed by atoms with van der Waals surface area (Å²) in [5.74, 6) is -0.755. The number of carbonyl (C=O) groups is 2. The minimum absolute atomic E-state index is 0.000545. The minimum atomic E-state index is -0.569. The van der Waals surface area contributed by atoms with Gasteiger partial charge in [0.1, 0.15) is 5.82 Å². The van der Waals surface area contributed by atoms with Gasteiger partial charge in [-0.25, -0.2) is 4.39 Å². The van der Waals surface area contributed by atoms with Crippen LogP contribution in [0.5, 0.6) is 0 Å². The van der Waals surface area contributed by atoms with Gasteiger partial charge in [-0.2, -0.15) is 0 Å². The van der Waals surface area contributed by atoms with Crippen molar-refractivity contribution in [1.82, 2.24) is 4.90 Å². The number of carbonyl (C=O) groups excluding carboxylic acids is 2. The number of nitrogens with one attached hydrogen (secondary N) is 1. The van der Waals surface area contributed by atoms with Gasteiger partial charge in [0.25, 0.3) is 5.91 Å². The van der Waals surface area contributed by atoms with E-state index in [1.54, 1.807) is 4.90 Å². The number of hydrogen-bond donors (Lipinski definition) is 1. The summed E-state index contributed by atoms with van der Waals surface area (Å²) in [6.45, 7) is 2.61. The van der Waals surface area contributed by atoms with Crippen molar-refractivity contribution in [3.05, 3.63) is 65.5 Å². The second-order valence-corrected chi connectivity index (χ2v) is 6.14. The molecule has 2 aromatic rings. The van der Waals surface area contributed by atoms with Gasteiger partial charge >= 0.3 is 0 Å². The first-order chi connectivity index (χ1) is 11.5. The average molecular weight is 326 g/mol. The van der Waals surface area contributed by atoms with Crippen LogP contribution in [0.3, 0.4) is 0 Å². The van der Waals surface area contributed by atoms with E-state index in [9.17, 15) is 14.0 Å². The molecule has 1 heterocycles. The van der Waals surface area contributed by atoms with Crippen molar-refractivity contribution < 1.29 is 14.0 Å². The number of hydrogen-bond acceptors (Lipinski definition) is 2. The van der Waals surface area contributed by atoms with Gasteiger partial charge in [-0.05, 0) is 36.1 Å². The molecule has 0 atom stereocenters. The van der Waals surface area contributed by atoms with Crippen LogP contribution in [-0.2, 0) is 11.2 Å². The van der Waals surface area contributed by atoms with Gasteiger partial charge < -0.3 is 10.2 Å². The third kappa shape index (κ3) is 3.62. The Morgan fingerprint density at radius 1 is 1.17 bits per heavy atom. The maximum absolute atomic E-state index is 14.0. The number of rotatable bonds is 4. The van der Waals surface area contributed by atoms with Crippen molar-refractivity contribution in [3.8, 4) is 0 Å². The van der Waals surface area contributed by atoms with Crippen molar-refractivity contribution in [3.63, 3.8) is 0 Å². The molecule has 2 amide bonds.